The predicted octanol–water partition coefficient (Wildman–Crippen LogP) is 2.09. The van der Waals surface area contributed by atoms with E-state index in [2.05, 4.69) is 0 Å². The molecule has 0 radical (unpaired) electrons. The fourth-order valence-corrected chi connectivity index (χ4v) is 2.99. The van der Waals surface area contributed by atoms with Gasteiger partial charge in [0, 0.05) is 0 Å². The molecule has 1 rings (SSSR count). The van der Waals surface area contributed by atoms with Crippen LogP contribution in [0.3, 0.4) is 0 Å². The highest BCUT2D eigenvalue weighted by Gasteiger charge is 2.22. The highest BCUT2D eigenvalue weighted by Crippen LogP contribution is 2.17. The fourth-order valence-electron chi connectivity index (χ4n) is 1.41. The first-order valence-corrected chi connectivity index (χ1v) is 6.34. The van der Waals surface area contributed by atoms with E-state index in [1.165, 1.54) is 0 Å². The Bertz CT molecular complexity index is 323. The van der Waals surface area contributed by atoms with E-state index < -0.39 is 9.84 Å². The number of hydrogen-bond acceptors (Lipinski definition) is 2. The lowest BCUT2D eigenvalue weighted by molar-refractivity contribution is 0.586. The molecule has 0 heterocycles. The minimum absolute atomic E-state index is 0.281. The van der Waals surface area contributed by atoms with Crippen molar-refractivity contribution in [2.75, 3.05) is 5.75 Å². The summed E-state index contributed by atoms with van der Waals surface area (Å²) in [6.07, 6.45) is 7.03. The van der Waals surface area contributed by atoms with Crippen LogP contribution in [0.5, 0.6) is 0 Å². The van der Waals surface area contributed by atoms with Crippen LogP contribution in [0.4, 0.5) is 0 Å². The van der Waals surface area contributed by atoms with Crippen molar-refractivity contribution in [1.82, 2.24) is 0 Å². The minimum atomic E-state index is -2.89. The first-order chi connectivity index (χ1) is 6.06. The average Bonchev–Trinajstić information content (AvgIpc) is 2.05. The highest BCUT2D eigenvalue weighted by molar-refractivity contribution is 7.92. The Morgan fingerprint density at radius 1 is 1.54 bits per heavy atom. The van der Waals surface area contributed by atoms with E-state index in [1.54, 1.807) is 6.08 Å². The minimum Gasteiger partial charge on any atom is -0.228 e. The van der Waals surface area contributed by atoms with Crippen LogP contribution in [0.25, 0.3) is 0 Å². The maximum absolute atomic E-state index is 11.6. The summed E-state index contributed by atoms with van der Waals surface area (Å²) in [5, 5.41) is -0.281. The second kappa shape index (κ2) is 4.09. The molecular formula is C10H16O2S. The Balaban J connectivity index is 2.72. The van der Waals surface area contributed by atoms with Crippen molar-refractivity contribution in [2.24, 2.45) is 0 Å². The van der Waals surface area contributed by atoms with Crippen LogP contribution in [-0.2, 0) is 9.84 Å². The van der Waals surface area contributed by atoms with Crippen molar-refractivity contribution < 1.29 is 8.42 Å². The standard InChI is InChI=1S/C10H16O2S/c1-3-8-13(11,12)10-6-4-9(2)5-7-10/h4-6,10H,3,7-8H2,1-2H3. The smallest absolute Gasteiger partial charge is 0.157 e. The van der Waals surface area contributed by atoms with Gasteiger partial charge in [0.1, 0.15) is 0 Å². The van der Waals surface area contributed by atoms with Gasteiger partial charge in [-0.3, -0.25) is 0 Å². The molecule has 0 aromatic heterocycles. The highest BCUT2D eigenvalue weighted by atomic mass is 32.2. The zero-order chi connectivity index (χ0) is 9.90. The first-order valence-electron chi connectivity index (χ1n) is 4.63. The molecule has 0 bridgehead atoms. The van der Waals surface area contributed by atoms with E-state index in [0.29, 0.717) is 18.6 Å². The average molecular weight is 200 g/mol. The number of rotatable bonds is 3. The molecule has 0 saturated heterocycles. The lowest BCUT2D eigenvalue weighted by atomic mass is 10.1. The van der Waals surface area contributed by atoms with Gasteiger partial charge >= 0.3 is 0 Å². The van der Waals surface area contributed by atoms with Gasteiger partial charge in [0.05, 0.1) is 11.0 Å². The molecule has 0 fully saturated rings. The molecule has 0 amide bonds. The fraction of sp³-hybridized carbons (Fsp3) is 0.600. The maximum Gasteiger partial charge on any atom is 0.157 e. The van der Waals surface area contributed by atoms with Crippen LogP contribution in [0, 0.1) is 0 Å². The van der Waals surface area contributed by atoms with E-state index in [1.807, 2.05) is 26.0 Å². The molecule has 0 saturated carbocycles. The SMILES string of the molecule is CCCS(=O)(=O)C1C=CC(C)=CC1. The molecule has 0 spiro atoms. The lowest BCUT2D eigenvalue weighted by Gasteiger charge is -2.14. The normalized spacial score (nSPS) is 22.9. The van der Waals surface area contributed by atoms with E-state index in [4.69, 9.17) is 0 Å². The van der Waals surface area contributed by atoms with Gasteiger partial charge in [-0.15, -0.1) is 0 Å². The van der Waals surface area contributed by atoms with Crippen LogP contribution in [0.1, 0.15) is 26.7 Å². The summed E-state index contributed by atoms with van der Waals surface area (Å²) < 4.78 is 23.2. The third kappa shape index (κ3) is 2.69. The molecular weight excluding hydrogens is 184 g/mol. The van der Waals surface area contributed by atoms with Crippen molar-refractivity contribution in [3.8, 4) is 0 Å². The topological polar surface area (TPSA) is 34.1 Å². The molecule has 1 atom stereocenters. The van der Waals surface area contributed by atoms with Crippen LogP contribution in [0.2, 0.25) is 0 Å². The molecule has 2 nitrogen and oxygen atoms in total. The second-order valence-corrected chi connectivity index (χ2v) is 5.79. The van der Waals surface area contributed by atoms with Crippen LogP contribution >= 0.6 is 0 Å². The molecule has 1 aliphatic rings. The number of hydrogen-bond donors (Lipinski definition) is 0. The summed E-state index contributed by atoms with van der Waals surface area (Å²) >= 11 is 0. The molecule has 1 unspecified atom stereocenters. The Morgan fingerprint density at radius 3 is 2.69 bits per heavy atom. The van der Waals surface area contributed by atoms with Crippen LogP contribution < -0.4 is 0 Å². The van der Waals surface area contributed by atoms with Gasteiger partial charge in [0.2, 0.25) is 0 Å². The summed E-state index contributed by atoms with van der Waals surface area (Å²) in [5.41, 5.74) is 1.16. The third-order valence-corrected chi connectivity index (χ3v) is 4.45. The Hall–Kier alpha value is -0.570. The maximum atomic E-state index is 11.6. The zero-order valence-corrected chi connectivity index (χ0v) is 8.97. The summed E-state index contributed by atoms with van der Waals surface area (Å²) in [5.74, 6) is 0.300. The van der Waals surface area contributed by atoms with Gasteiger partial charge in [0.25, 0.3) is 0 Å². The predicted molar refractivity (Wildman–Crippen MR) is 55.4 cm³/mol. The van der Waals surface area contributed by atoms with E-state index in [0.717, 1.165) is 5.57 Å². The first kappa shape index (κ1) is 10.5. The Kier molecular flexibility index (Phi) is 3.31. The largest absolute Gasteiger partial charge is 0.228 e. The van der Waals surface area contributed by atoms with Gasteiger partial charge in [-0.2, -0.15) is 0 Å². The van der Waals surface area contributed by atoms with Crippen molar-refractivity contribution in [2.45, 2.75) is 31.9 Å². The van der Waals surface area contributed by atoms with E-state index in [9.17, 15) is 8.42 Å². The molecule has 1 aliphatic carbocycles. The molecule has 0 N–H and O–H groups in total. The second-order valence-electron chi connectivity index (χ2n) is 3.45. The lowest BCUT2D eigenvalue weighted by Crippen LogP contribution is -2.22. The summed E-state index contributed by atoms with van der Waals surface area (Å²) in [6.45, 7) is 3.88. The molecule has 13 heavy (non-hydrogen) atoms. The van der Waals surface area contributed by atoms with Crippen molar-refractivity contribution in [3.63, 3.8) is 0 Å². The Morgan fingerprint density at radius 2 is 2.23 bits per heavy atom. The van der Waals surface area contributed by atoms with Crippen LogP contribution in [0.15, 0.2) is 23.8 Å². The number of allylic oxidation sites excluding steroid dienone is 3. The van der Waals surface area contributed by atoms with Crippen molar-refractivity contribution in [3.05, 3.63) is 23.8 Å². The molecule has 74 valence electrons. The number of sulfone groups is 1. The summed E-state index contributed by atoms with van der Waals surface area (Å²) in [4.78, 5) is 0. The van der Waals surface area contributed by atoms with Crippen LogP contribution in [-0.4, -0.2) is 19.4 Å². The van der Waals surface area contributed by atoms with E-state index in [-0.39, 0.29) is 5.25 Å². The monoisotopic (exact) mass is 200 g/mol. The van der Waals surface area contributed by atoms with Crippen molar-refractivity contribution in [1.29, 1.82) is 0 Å². The third-order valence-electron chi connectivity index (χ3n) is 2.20. The molecule has 0 aromatic rings. The molecule has 3 heteroatoms. The molecule has 0 aromatic carbocycles. The van der Waals surface area contributed by atoms with Gasteiger partial charge in [-0.05, 0) is 19.8 Å². The van der Waals surface area contributed by atoms with Gasteiger partial charge in [-0.1, -0.05) is 30.7 Å². The summed E-state index contributed by atoms with van der Waals surface area (Å²) in [7, 11) is -2.89. The van der Waals surface area contributed by atoms with E-state index >= 15 is 0 Å². The quantitative estimate of drug-likeness (QED) is 0.699. The summed E-state index contributed by atoms with van der Waals surface area (Å²) in [6, 6.07) is 0. The van der Waals surface area contributed by atoms with Gasteiger partial charge < -0.3 is 0 Å². The van der Waals surface area contributed by atoms with Crippen molar-refractivity contribution >= 4 is 9.84 Å². The zero-order valence-electron chi connectivity index (χ0n) is 8.16. The van der Waals surface area contributed by atoms with Gasteiger partial charge in [-0.25, -0.2) is 8.42 Å². The van der Waals surface area contributed by atoms with Gasteiger partial charge in [0.15, 0.2) is 9.84 Å². The molecule has 0 aliphatic heterocycles. The Labute approximate surface area is 80.3 Å².